The molecular weight excluding hydrogens is 510 g/mol. The summed E-state index contributed by atoms with van der Waals surface area (Å²) in [4.78, 5) is 22.9. The van der Waals surface area contributed by atoms with Crippen molar-refractivity contribution in [2.75, 3.05) is 12.4 Å². The number of halogens is 1. The van der Waals surface area contributed by atoms with E-state index in [-0.39, 0.29) is 38.2 Å². The van der Waals surface area contributed by atoms with Gasteiger partial charge in [-0.1, -0.05) is 35.4 Å². The van der Waals surface area contributed by atoms with E-state index in [1.54, 1.807) is 18.2 Å². The van der Waals surface area contributed by atoms with Gasteiger partial charge in [0.15, 0.2) is 11.5 Å². The van der Waals surface area contributed by atoms with Gasteiger partial charge in [-0.15, -0.1) is 0 Å². The van der Waals surface area contributed by atoms with E-state index < -0.39 is 26.6 Å². The number of benzene rings is 3. The number of amides is 1. The highest BCUT2D eigenvalue weighted by Gasteiger charge is 2.20. The molecule has 3 aromatic rings. The molecule has 0 aliphatic heterocycles. The first-order valence-corrected chi connectivity index (χ1v) is 11.9. The first kappa shape index (κ1) is 26.2. The fourth-order valence-corrected chi connectivity index (χ4v) is 4.08. The highest BCUT2D eigenvalue weighted by atomic mass is 35.5. The van der Waals surface area contributed by atoms with E-state index >= 15 is 0 Å². The molecule has 0 aliphatic rings. The summed E-state index contributed by atoms with van der Waals surface area (Å²) in [5.74, 6) is -0.892. The second kappa shape index (κ2) is 10.9. The number of nitrogens with zero attached hydrogens (tertiary/aromatic N) is 2. The molecule has 184 valence electrons. The smallest absolute Gasteiger partial charge is 0.339 e. The Morgan fingerprint density at radius 2 is 1.81 bits per heavy atom. The van der Waals surface area contributed by atoms with Gasteiger partial charge in [0, 0.05) is 11.8 Å². The number of hydrogen-bond acceptors (Lipinski definition) is 8. The van der Waals surface area contributed by atoms with Gasteiger partial charge in [0.2, 0.25) is 0 Å². The lowest BCUT2D eigenvalue weighted by Crippen LogP contribution is -2.13. The molecule has 12 heteroatoms. The summed E-state index contributed by atoms with van der Waals surface area (Å²) in [6.45, 7) is 1.81. The van der Waals surface area contributed by atoms with Crippen LogP contribution in [0.2, 0.25) is 5.02 Å². The zero-order chi connectivity index (χ0) is 26.5. The molecule has 0 aliphatic carbocycles. The number of nitrogens with one attached hydrogen (secondary N) is 1. The molecule has 1 amide bonds. The van der Waals surface area contributed by atoms with Crippen molar-refractivity contribution < 1.29 is 27.1 Å². The Morgan fingerprint density at radius 1 is 1.11 bits per heavy atom. The molecule has 0 unspecified atom stereocenters. The lowest BCUT2D eigenvalue weighted by molar-refractivity contribution is -0.384. The number of carbonyl (C=O) groups excluding carboxylic acids is 1. The number of ether oxygens (including phenoxy) is 1. The maximum absolute atomic E-state index is 12.7. The largest absolute Gasteiger partial charge is 0.493 e. The third kappa shape index (κ3) is 6.18. The fraction of sp³-hybridized carbons (Fsp3) is 0.0833. The summed E-state index contributed by atoms with van der Waals surface area (Å²) in [6, 6.07) is 15.6. The summed E-state index contributed by atoms with van der Waals surface area (Å²) < 4.78 is 35.9. The van der Waals surface area contributed by atoms with Crippen LogP contribution in [-0.2, 0) is 14.9 Å². The van der Waals surface area contributed by atoms with Crippen molar-refractivity contribution in [1.82, 2.24) is 0 Å². The highest BCUT2D eigenvalue weighted by molar-refractivity contribution is 7.87. The van der Waals surface area contributed by atoms with Gasteiger partial charge in [0.1, 0.15) is 21.6 Å². The number of nitro groups is 1. The number of aryl methyl sites for hydroxylation is 1. The number of hydrogen-bond donors (Lipinski definition) is 1. The first-order chi connectivity index (χ1) is 17.0. The number of nitro benzene ring substituents is 1. The molecule has 0 fully saturated rings. The predicted molar refractivity (Wildman–Crippen MR) is 132 cm³/mol. The number of nitriles is 1. The van der Waals surface area contributed by atoms with Crippen LogP contribution in [0, 0.1) is 28.4 Å². The van der Waals surface area contributed by atoms with Crippen molar-refractivity contribution in [3.8, 4) is 17.6 Å². The van der Waals surface area contributed by atoms with E-state index in [2.05, 4.69) is 5.32 Å². The average Bonchev–Trinajstić information content (AvgIpc) is 2.83. The normalized spacial score (nSPS) is 11.3. The van der Waals surface area contributed by atoms with Crippen LogP contribution >= 0.6 is 11.6 Å². The number of methoxy groups -OCH3 is 1. The van der Waals surface area contributed by atoms with E-state index in [1.165, 1.54) is 55.7 Å². The van der Waals surface area contributed by atoms with Crippen LogP contribution in [-0.4, -0.2) is 26.4 Å². The Labute approximate surface area is 211 Å². The second-order valence-electron chi connectivity index (χ2n) is 7.31. The van der Waals surface area contributed by atoms with Gasteiger partial charge in [-0.25, -0.2) is 0 Å². The fourth-order valence-electron chi connectivity index (χ4n) is 2.96. The minimum absolute atomic E-state index is 0.0557. The summed E-state index contributed by atoms with van der Waals surface area (Å²) in [6.07, 6.45) is 1.20. The molecule has 0 atom stereocenters. The van der Waals surface area contributed by atoms with E-state index in [9.17, 15) is 28.6 Å². The second-order valence-corrected chi connectivity index (χ2v) is 9.26. The van der Waals surface area contributed by atoms with Crippen LogP contribution in [0.3, 0.4) is 0 Å². The number of carbonyl (C=O) groups is 1. The minimum Gasteiger partial charge on any atom is -0.493 e. The number of anilines is 1. The van der Waals surface area contributed by atoms with E-state index in [0.717, 1.165) is 11.6 Å². The Hall–Kier alpha value is -4.40. The van der Waals surface area contributed by atoms with Crippen LogP contribution in [0.1, 0.15) is 11.1 Å². The van der Waals surface area contributed by atoms with Crippen molar-refractivity contribution in [2.45, 2.75) is 11.8 Å². The van der Waals surface area contributed by atoms with E-state index in [1.807, 2.05) is 6.92 Å². The van der Waals surface area contributed by atoms with Gasteiger partial charge in [0.25, 0.3) is 11.6 Å². The zero-order valence-corrected chi connectivity index (χ0v) is 20.5. The van der Waals surface area contributed by atoms with Crippen molar-refractivity contribution in [2.24, 2.45) is 0 Å². The van der Waals surface area contributed by atoms with Gasteiger partial charge in [-0.3, -0.25) is 14.9 Å². The molecule has 1 N–H and O–H groups in total. The lowest BCUT2D eigenvalue weighted by atomic mass is 10.1. The summed E-state index contributed by atoms with van der Waals surface area (Å²) >= 11 is 5.77. The molecule has 0 spiro atoms. The Kier molecular flexibility index (Phi) is 7.93. The van der Waals surface area contributed by atoms with Crippen molar-refractivity contribution >= 4 is 45.1 Å². The van der Waals surface area contributed by atoms with Gasteiger partial charge >= 0.3 is 10.1 Å². The van der Waals surface area contributed by atoms with Crippen LogP contribution in [0.15, 0.2) is 71.1 Å². The molecule has 0 saturated heterocycles. The molecule has 0 aromatic heterocycles. The van der Waals surface area contributed by atoms with Crippen molar-refractivity contribution in [3.05, 3.63) is 92.5 Å². The molecule has 36 heavy (non-hydrogen) atoms. The molecule has 3 aromatic carbocycles. The molecule has 10 nitrogen and oxygen atoms in total. The Morgan fingerprint density at radius 3 is 2.42 bits per heavy atom. The van der Waals surface area contributed by atoms with Crippen LogP contribution in [0.5, 0.6) is 11.5 Å². The number of rotatable bonds is 8. The zero-order valence-electron chi connectivity index (χ0n) is 18.9. The van der Waals surface area contributed by atoms with Crippen molar-refractivity contribution in [1.29, 1.82) is 5.26 Å². The van der Waals surface area contributed by atoms with Gasteiger partial charge < -0.3 is 14.2 Å². The minimum atomic E-state index is -4.20. The third-order valence-corrected chi connectivity index (χ3v) is 6.34. The molecule has 0 heterocycles. The topological polar surface area (TPSA) is 149 Å². The summed E-state index contributed by atoms with van der Waals surface area (Å²) in [5.41, 5.74) is 0.418. The molecule has 0 bridgehead atoms. The van der Waals surface area contributed by atoms with Crippen LogP contribution in [0.4, 0.5) is 11.4 Å². The monoisotopic (exact) mass is 527 g/mol. The van der Waals surface area contributed by atoms with Gasteiger partial charge in [0.05, 0.1) is 12.0 Å². The van der Waals surface area contributed by atoms with Gasteiger partial charge in [-0.2, -0.15) is 13.7 Å². The summed E-state index contributed by atoms with van der Waals surface area (Å²) in [5, 5.41) is 22.8. The summed E-state index contributed by atoms with van der Waals surface area (Å²) in [7, 11) is -2.87. The maximum Gasteiger partial charge on any atom is 0.339 e. The standard InChI is InChI=1S/C24H18ClN3O7S/c1-15-3-7-19(8-4-15)36(32,33)35-23-12-16(5-10-22(23)34-2)11-17(14-26)24(29)27-18-6-9-20(25)21(13-18)28(30)31/h3-13H,1-2H3,(H,27,29)/b17-11+. The van der Waals surface area contributed by atoms with E-state index in [4.69, 9.17) is 20.5 Å². The Balaban J connectivity index is 1.90. The van der Waals surface area contributed by atoms with Crippen molar-refractivity contribution in [3.63, 3.8) is 0 Å². The van der Waals surface area contributed by atoms with Gasteiger partial charge in [-0.05, 0) is 55.0 Å². The SMILES string of the molecule is COc1ccc(/C=C(\C#N)C(=O)Nc2ccc(Cl)c([N+](=O)[O-])c2)cc1OS(=O)(=O)c1ccc(C)cc1. The average molecular weight is 528 g/mol. The molecular formula is C24H18ClN3O7S. The van der Waals surface area contributed by atoms with Crippen LogP contribution < -0.4 is 14.2 Å². The lowest BCUT2D eigenvalue weighted by Gasteiger charge is -2.12. The highest BCUT2D eigenvalue weighted by Crippen LogP contribution is 2.32. The predicted octanol–water partition coefficient (Wildman–Crippen LogP) is 4.88. The third-order valence-electron chi connectivity index (χ3n) is 4.77. The van der Waals surface area contributed by atoms with E-state index in [0.29, 0.717) is 0 Å². The maximum atomic E-state index is 12.7. The molecule has 0 radical (unpaired) electrons. The molecule has 0 saturated carbocycles. The first-order valence-electron chi connectivity index (χ1n) is 10.1. The van der Waals surface area contributed by atoms with Crippen LogP contribution in [0.25, 0.3) is 6.08 Å². The quantitative estimate of drug-likeness (QED) is 0.143. The molecule has 3 rings (SSSR count). The Bertz CT molecular complexity index is 1510.